The highest BCUT2D eigenvalue weighted by Crippen LogP contribution is 2.18. The fourth-order valence-electron chi connectivity index (χ4n) is 3.28. The zero-order valence-corrected chi connectivity index (χ0v) is 17.7. The Bertz CT molecular complexity index is 1170. The molecule has 4 aromatic rings. The number of amides is 1. The molecule has 0 atom stereocenters. The van der Waals surface area contributed by atoms with E-state index < -0.39 is 0 Å². The molecule has 0 saturated carbocycles. The minimum Gasteiger partial charge on any atom is -0.494 e. The van der Waals surface area contributed by atoms with Crippen molar-refractivity contribution in [3.05, 3.63) is 83.2 Å². The highest BCUT2D eigenvalue weighted by molar-refractivity contribution is 5.94. The number of rotatable bonds is 8. The van der Waals surface area contributed by atoms with Gasteiger partial charge in [0.2, 0.25) is 0 Å². The number of fused-ring (bicyclic) bond motifs is 1. The molecule has 0 radical (unpaired) electrons. The largest absolute Gasteiger partial charge is 0.494 e. The van der Waals surface area contributed by atoms with Crippen molar-refractivity contribution in [2.75, 3.05) is 6.61 Å². The number of aryl methyl sites for hydroxylation is 3. The molecule has 2 aromatic heterocycles. The quantitative estimate of drug-likeness (QED) is 0.442. The molecule has 2 aromatic carbocycles. The van der Waals surface area contributed by atoms with Gasteiger partial charge in [0, 0.05) is 37.5 Å². The number of carbonyl (C=O) groups is 1. The van der Waals surface area contributed by atoms with Gasteiger partial charge in [0.25, 0.3) is 5.91 Å². The van der Waals surface area contributed by atoms with Crippen molar-refractivity contribution in [1.29, 1.82) is 0 Å². The number of ether oxygens (including phenoxy) is 1. The molecular weight excluding hydrogens is 390 g/mol. The number of nitrogens with zero attached hydrogens (tertiary/aromatic N) is 4. The summed E-state index contributed by atoms with van der Waals surface area (Å²) in [6, 6.07) is 15.1. The molecule has 0 spiro atoms. The van der Waals surface area contributed by atoms with Crippen molar-refractivity contribution in [1.82, 2.24) is 25.3 Å². The van der Waals surface area contributed by atoms with E-state index in [1.165, 1.54) is 11.1 Å². The zero-order valence-electron chi connectivity index (χ0n) is 17.7. The van der Waals surface area contributed by atoms with Gasteiger partial charge in [-0.2, -0.15) is 0 Å². The van der Waals surface area contributed by atoms with Gasteiger partial charge in [-0.1, -0.05) is 11.3 Å². The Hall–Kier alpha value is -3.74. The van der Waals surface area contributed by atoms with E-state index in [1.54, 1.807) is 24.5 Å². The normalized spacial score (nSPS) is 10.9. The SMILES string of the molecule is Cc1cc2nnn(CCCOc3ccc(C(=O)NCc4cccnc4)cc3)c2cc1C. The number of benzene rings is 2. The van der Waals surface area contributed by atoms with Gasteiger partial charge in [-0.25, -0.2) is 4.68 Å². The minimum atomic E-state index is -0.126. The van der Waals surface area contributed by atoms with E-state index in [0.717, 1.165) is 35.3 Å². The van der Waals surface area contributed by atoms with Crippen LogP contribution < -0.4 is 10.1 Å². The Balaban J connectivity index is 1.25. The Morgan fingerprint density at radius 2 is 1.90 bits per heavy atom. The van der Waals surface area contributed by atoms with Gasteiger partial charge in [-0.05, 0) is 73.0 Å². The first-order chi connectivity index (χ1) is 15.1. The van der Waals surface area contributed by atoms with Crippen LogP contribution in [0.4, 0.5) is 0 Å². The highest BCUT2D eigenvalue weighted by atomic mass is 16.5. The first kappa shape index (κ1) is 20.5. The molecule has 0 unspecified atom stereocenters. The Morgan fingerprint density at radius 3 is 2.68 bits per heavy atom. The molecule has 0 saturated heterocycles. The van der Waals surface area contributed by atoms with Crippen LogP contribution in [0.3, 0.4) is 0 Å². The van der Waals surface area contributed by atoms with Crippen LogP contribution in [0.25, 0.3) is 11.0 Å². The van der Waals surface area contributed by atoms with Gasteiger partial charge in [-0.3, -0.25) is 9.78 Å². The van der Waals surface area contributed by atoms with Crippen molar-refractivity contribution in [3.63, 3.8) is 0 Å². The minimum absolute atomic E-state index is 0.126. The summed E-state index contributed by atoms with van der Waals surface area (Å²) in [6.45, 7) is 5.91. The van der Waals surface area contributed by atoms with E-state index in [2.05, 4.69) is 46.6 Å². The molecule has 31 heavy (non-hydrogen) atoms. The van der Waals surface area contributed by atoms with Crippen LogP contribution >= 0.6 is 0 Å². The van der Waals surface area contributed by atoms with Crippen molar-refractivity contribution < 1.29 is 9.53 Å². The Labute approximate surface area is 181 Å². The molecule has 0 fully saturated rings. The summed E-state index contributed by atoms with van der Waals surface area (Å²) in [6.07, 6.45) is 4.25. The molecule has 2 heterocycles. The average Bonchev–Trinajstić information content (AvgIpc) is 3.18. The lowest BCUT2D eigenvalue weighted by atomic mass is 10.1. The van der Waals surface area contributed by atoms with Gasteiger partial charge in [0.15, 0.2) is 0 Å². The summed E-state index contributed by atoms with van der Waals surface area (Å²) >= 11 is 0. The lowest BCUT2D eigenvalue weighted by Crippen LogP contribution is -2.22. The molecule has 0 aliphatic carbocycles. The lowest BCUT2D eigenvalue weighted by Gasteiger charge is -2.09. The van der Waals surface area contributed by atoms with E-state index in [0.29, 0.717) is 18.7 Å². The summed E-state index contributed by atoms with van der Waals surface area (Å²) < 4.78 is 7.74. The van der Waals surface area contributed by atoms with E-state index in [4.69, 9.17) is 4.74 Å². The zero-order chi connectivity index (χ0) is 21.6. The van der Waals surface area contributed by atoms with Gasteiger partial charge < -0.3 is 10.1 Å². The number of hydrogen-bond acceptors (Lipinski definition) is 5. The molecule has 1 N–H and O–H groups in total. The van der Waals surface area contributed by atoms with Crippen LogP contribution in [-0.2, 0) is 13.1 Å². The summed E-state index contributed by atoms with van der Waals surface area (Å²) in [5.74, 6) is 0.609. The predicted octanol–water partition coefficient (Wildman–Crippen LogP) is 3.84. The molecule has 0 aliphatic heterocycles. The summed E-state index contributed by atoms with van der Waals surface area (Å²) in [7, 11) is 0. The number of nitrogens with one attached hydrogen (secondary N) is 1. The van der Waals surface area contributed by atoms with E-state index in [-0.39, 0.29) is 5.91 Å². The fraction of sp³-hybridized carbons (Fsp3) is 0.250. The number of hydrogen-bond donors (Lipinski definition) is 1. The summed E-state index contributed by atoms with van der Waals surface area (Å²) in [4.78, 5) is 16.3. The topological polar surface area (TPSA) is 81.9 Å². The van der Waals surface area contributed by atoms with Crippen LogP contribution in [0.15, 0.2) is 60.9 Å². The standard InChI is InChI=1S/C24H25N5O2/c1-17-13-22-23(14-18(17)2)29(28-27-22)11-4-12-31-21-8-6-20(7-9-21)24(30)26-16-19-5-3-10-25-15-19/h3,5-10,13-15H,4,11-12,16H2,1-2H3,(H,26,30). The summed E-state index contributed by atoms with van der Waals surface area (Å²) in [5, 5.41) is 11.4. The molecule has 0 aliphatic rings. The second-order valence-electron chi connectivity index (χ2n) is 7.51. The van der Waals surface area contributed by atoms with Crippen LogP contribution in [0.5, 0.6) is 5.75 Å². The molecular formula is C24H25N5O2. The lowest BCUT2D eigenvalue weighted by molar-refractivity contribution is 0.0951. The molecule has 7 heteroatoms. The second-order valence-corrected chi connectivity index (χ2v) is 7.51. The van der Waals surface area contributed by atoms with E-state index >= 15 is 0 Å². The highest BCUT2D eigenvalue weighted by Gasteiger charge is 2.08. The molecule has 0 bridgehead atoms. The van der Waals surface area contributed by atoms with Crippen molar-refractivity contribution in [2.45, 2.75) is 33.4 Å². The van der Waals surface area contributed by atoms with Crippen LogP contribution in [-0.4, -0.2) is 32.5 Å². The van der Waals surface area contributed by atoms with Crippen molar-refractivity contribution in [2.24, 2.45) is 0 Å². The van der Waals surface area contributed by atoms with Crippen LogP contribution in [0, 0.1) is 13.8 Å². The fourth-order valence-corrected chi connectivity index (χ4v) is 3.28. The van der Waals surface area contributed by atoms with Crippen molar-refractivity contribution >= 4 is 16.9 Å². The predicted molar refractivity (Wildman–Crippen MR) is 119 cm³/mol. The number of pyridine rings is 1. The maximum atomic E-state index is 12.3. The van der Waals surface area contributed by atoms with Gasteiger partial charge in [0.1, 0.15) is 11.3 Å². The third-order valence-electron chi connectivity index (χ3n) is 5.20. The second kappa shape index (κ2) is 9.38. The number of carbonyl (C=O) groups excluding carboxylic acids is 1. The van der Waals surface area contributed by atoms with E-state index in [1.807, 2.05) is 28.9 Å². The molecule has 158 valence electrons. The first-order valence-electron chi connectivity index (χ1n) is 10.3. The molecule has 1 amide bonds. The maximum absolute atomic E-state index is 12.3. The molecule has 4 rings (SSSR count). The first-order valence-corrected chi connectivity index (χ1v) is 10.3. The average molecular weight is 415 g/mol. The van der Waals surface area contributed by atoms with E-state index in [9.17, 15) is 4.79 Å². The monoisotopic (exact) mass is 415 g/mol. The van der Waals surface area contributed by atoms with Gasteiger partial charge in [0.05, 0.1) is 12.1 Å². The molecule has 7 nitrogen and oxygen atoms in total. The van der Waals surface area contributed by atoms with Crippen molar-refractivity contribution in [3.8, 4) is 5.75 Å². The Morgan fingerprint density at radius 1 is 1.10 bits per heavy atom. The Kier molecular flexibility index (Phi) is 6.21. The number of aromatic nitrogens is 4. The third kappa shape index (κ3) is 5.06. The van der Waals surface area contributed by atoms with Crippen LogP contribution in [0.1, 0.15) is 33.5 Å². The van der Waals surface area contributed by atoms with Gasteiger partial charge >= 0.3 is 0 Å². The maximum Gasteiger partial charge on any atom is 0.251 e. The van der Waals surface area contributed by atoms with Crippen LogP contribution in [0.2, 0.25) is 0 Å². The van der Waals surface area contributed by atoms with Gasteiger partial charge in [-0.15, -0.1) is 5.10 Å². The smallest absolute Gasteiger partial charge is 0.251 e. The third-order valence-corrected chi connectivity index (χ3v) is 5.20. The summed E-state index contributed by atoms with van der Waals surface area (Å²) in [5.41, 5.74) is 5.97.